The number of nitrogens with zero attached hydrogens (tertiary/aromatic N) is 1. The molecule has 0 unspecified atom stereocenters. The first-order valence-electron chi connectivity index (χ1n) is 10.5. The Balaban J connectivity index is 2.09. The Kier molecular flexibility index (Phi) is 7.67. The molecule has 3 rings (SSSR count). The van der Waals surface area contributed by atoms with Crippen molar-refractivity contribution in [3.8, 4) is 28.4 Å². The predicted molar refractivity (Wildman–Crippen MR) is 127 cm³/mol. The molecular formula is C23H27N3O7S. The molecule has 1 aromatic heterocycles. The van der Waals surface area contributed by atoms with E-state index in [0.717, 1.165) is 0 Å². The largest absolute Gasteiger partial charge is 0.495 e. The van der Waals surface area contributed by atoms with E-state index >= 15 is 0 Å². The van der Waals surface area contributed by atoms with Gasteiger partial charge in [0.1, 0.15) is 22.1 Å². The van der Waals surface area contributed by atoms with Crippen molar-refractivity contribution < 1.29 is 31.9 Å². The third-order valence-electron chi connectivity index (χ3n) is 4.70. The summed E-state index contributed by atoms with van der Waals surface area (Å²) < 4.78 is 51.2. The molecule has 1 amide bonds. The monoisotopic (exact) mass is 489 g/mol. The Morgan fingerprint density at radius 2 is 1.76 bits per heavy atom. The predicted octanol–water partition coefficient (Wildman–Crippen LogP) is 4.22. The van der Waals surface area contributed by atoms with Crippen molar-refractivity contribution in [2.24, 2.45) is 0 Å². The first-order chi connectivity index (χ1) is 16.2. The van der Waals surface area contributed by atoms with Gasteiger partial charge < -0.3 is 18.7 Å². The van der Waals surface area contributed by atoms with Gasteiger partial charge in [0.2, 0.25) is 11.8 Å². The van der Waals surface area contributed by atoms with Crippen LogP contribution in [0.4, 0.5) is 11.6 Å². The van der Waals surface area contributed by atoms with Gasteiger partial charge in [-0.1, -0.05) is 11.2 Å². The highest BCUT2D eigenvalue weighted by atomic mass is 32.2. The van der Waals surface area contributed by atoms with Crippen molar-refractivity contribution in [3.63, 3.8) is 0 Å². The van der Waals surface area contributed by atoms with Gasteiger partial charge in [-0.15, -0.1) is 0 Å². The van der Waals surface area contributed by atoms with Crippen LogP contribution in [0.15, 0.2) is 45.8 Å². The van der Waals surface area contributed by atoms with E-state index in [0.29, 0.717) is 41.5 Å². The molecule has 0 bridgehead atoms. The number of ether oxygens (including phenoxy) is 3. The number of hydrogen-bond acceptors (Lipinski definition) is 8. The van der Waals surface area contributed by atoms with E-state index in [1.807, 2.05) is 6.92 Å². The zero-order valence-electron chi connectivity index (χ0n) is 19.6. The van der Waals surface area contributed by atoms with Crippen LogP contribution >= 0.6 is 0 Å². The van der Waals surface area contributed by atoms with Crippen molar-refractivity contribution in [1.82, 2.24) is 5.16 Å². The van der Waals surface area contributed by atoms with Crippen molar-refractivity contribution in [3.05, 3.63) is 42.1 Å². The molecule has 10 nitrogen and oxygen atoms in total. The molecule has 0 aliphatic rings. The van der Waals surface area contributed by atoms with Crippen molar-refractivity contribution in [2.75, 3.05) is 30.4 Å². The van der Waals surface area contributed by atoms with E-state index in [1.165, 1.54) is 26.2 Å². The van der Waals surface area contributed by atoms with Crippen LogP contribution in [-0.2, 0) is 14.8 Å². The van der Waals surface area contributed by atoms with Crippen LogP contribution < -0.4 is 24.2 Å². The highest BCUT2D eigenvalue weighted by molar-refractivity contribution is 7.92. The van der Waals surface area contributed by atoms with Crippen molar-refractivity contribution in [2.45, 2.75) is 32.6 Å². The Bertz CT molecular complexity index is 1290. The lowest BCUT2D eigenvalue weighted by Gasteiger charge is -2.16. The zero-order chi connectivity index (χ0) is 24.9. The molecule has 0 fully saturated rings. The van der Waals surface area contributed by atoms with Gasteiger partial charge >= 0.3 is 0 Å². The van der Waals surface area contributed by atoms with Gasteiger partial charge in [-0.05, 0) is 50.6 Å². The highest BCUT2D eigenvalue weighted by Gasteiger charge is 2.25. The number of methoxy groups -OCH3 is 1. The zero-order valence-corrected chi connectivity index (χ0v) is 20.4. The van der Waals surface area contributed by atoms with E-state index in [-0.39, 0.29) is 28.1 Å². The first-order valence-corrected chi connectivity index (χ1v) is 12.0. The molecule has 0 aliphatic heterocycles. The molecule has 3 aromatic rings. The lowest BCUT2D eigenvalue weighted by atomic mass is 10.1. The fraction of sp³-hybridized carbons (Fsp3) is 0.304. The SMILES string of the molecule is CCOc1ccc(OCC)c(NS(=O)(=O)c2cc(-c3c(C)noc3NC(C)=O)ccc2OC)c1. The summed E-state index contributed by atoms with van der Waals surface area (Å²) in [4.78, 5) is 11.4. The minimum absolute atomic E-state index is 0.119. The second-order valence-corrected chi connectivity index (χ2v) is 8.80. The molecular weight excluding hydrogens is 462 g/mol. The number of benzene rings is 2. The van der Waals surface area contributed by atoms with Gasteiger partial charge in [0.05, 0.1) is 37.3 Å². The average molecular weight is 490 g/mol. The molecule has 0 aliphatic carbocycles. The molecule has 11 heteroatoms. The maximum Gasteiger partial charge on any atom is 0.265 e. The van der Waals surface area contributed by atoms with E-state index < -0.39 is 10.0 Å². The number of sulfonamides is 1. The van der Waals surface area contributed by atoms with Crippen LogP contribution in [0.1, 0.15) is 26.5 Å². The van der Waals surface area contributed by atoms with Crippen LogP contribution in [-0.4, -0.2) is 39.8 Å². The summed E-state index contributed by atoms with van der Waals surface area (Å²) in [6.45, 7) is 7.43. The summed E-state index contributed by atoms with van der Waals surface area (Å²) in [5, 5.41) is 6.46. The first kappa shape index (κ1) is 24.9. The summed E-state index contributed by atoms with van der Waals surface area (Å²) in [5.74, 6) is 0.745. The minimum atomic E-state index is -4.14. The summed E-state index contributed by atoms with van der Waals surface area (Å²) >= 11 is 0. The second kappa shape index (κ2) is 10.5. The number of anilines is 2. The van der Waals surface area contributed by atoms with E-state index in [4.69, 9.17) is 18.7 Å². The van der Waals surface area contributed by atoms with Gasteiger partial charge in [0, 0.05) is 13.0 Å². The smallest absolute Gasteiger partial charge is 0.265 e. The molecule has 0 saturated heterocycles. The summed E-state index contributed by atoms with van der Waals surface area (Å²) in [7, 11) is -2.76. The van der Waals surface area contributed by atoms with Crippen LogP contribution in [0.2, 0.25) is 0 Å². The Morgan fingerprint density at radius 1 is 1.06 bits per heavy atom. The standard InChI is InChI=1S/C23H27N3O7S/c1-6-31-17-9-11-19(32-7-2)18(13-17)26-34(28,29)21-12-16(8-10-20(21)30-5)22-14(3)25-33-23(22)24-15(4)27/h8-13,26H,6-7H2,1-5H3,(H,24,27). The lowest BCUT2D eigenvalue weighted by Crippen LogP contribution is -2.15. The van der Waals surface area contributed by atoms with Gasteiger partial charge in [-0.2, -0.15) is 0 Å². The van der Waals surface area contributed by atoms with Crippen molar-refractivity contribution in [1.29, 1.82) is 0 Å². The van der Waals surface area contributed by atoms with Gasteiger partial charge in [-0.25, -0.2) is 8.42 Å². The molecule has 34 heavy (non-hydrogen) atoms. The number of carbonyl (C=O) groups excluding carboxylic acids is 1. The van der Waals surface area contributed by atoms with Crippen LogP contribution in [0.3, 0.4) is 0 Å². The number of nitrogens with one attached hydrogen (secondary N) is 2. The van der Waals surface area contributed by atoms with Crippen LogP contribution in [0.5, 0.6) is 17.2 Å². The highest BCUT2D eigenvalue weighted by Crippen LogP contribution is 2.37. The summed E-state index contributed by atoms with van der Waals surface area (Å²) in [6, 6.07) is 9.50. The maximum atomic E-state index is 13.5. The van der Waals surface area contributed by atoms with E-state index in [2.05, 4.69) is 15.2 Å². The van der Waals surface area contributed by atoms with Crippen LogP contribution in [0.25, 0.3) is 11.1 Å². The second-order valence-electron chi connectivity index (χ2n) is 7.15. The third-order valence-corrected chi connectivity index (χ3v) is 6.09. The van der Waals surface area contributed by atoms with Crippen LogP contribution in [0, 0.1) is 6.92 Å². The maximum absolute atomic E-state index is 13.5. The quantitative estimate of drug-likeness (QED) is 0.433. The topological polar surface area (TPSA) is 129 Å². The molecule has 0 saturated carbocycles. The fourth-order valence-corrected chi connectivity index (χ4v) is 4.58. The molecule has 1 heterocycles. The van der Waals surface area contributed by atoms with Crippen molar-refractivity contribution >= 4 is 27.5 Å². The number of rotatable bonds is 10. The Morgan fingerprint density at radius 3 is 2.41 bits per heavy atom. The Hall–Kier alpha value is -3.73. The molecule has 0 spiro atoms. The normalized spacial score (nSPS) is 11.1. The molecule has 2 N–H and O–H groups in total. The van der Waals surface area contributed by atoms with Gasteiger partial charge in [0.15, 0.2) is 0 Å². The molecule has 182 valence electrons. The molecule has 0 radical (unpaired) electrons. The van der Waals surface area contributed by atoms with E-state index in [9.17, 15) is 13.2 Å². The lowest BCUT2D eigenvalue weighted by molar-refractivity contribution is -0.114. The fourth-order valence-electron chi connectivity index (χ4n) is 3.32. The summed E-state index contributed by atoms with van der Waals surface area (Å²) in [6.07, 6.45) is 0. The van der Waals surface area contributed by atoms with Gasteiger partial charge in [-0.3, -0.25) is 14.8 Å². The minimum Gasteiger partial charge on any atom is -0.495 e. The number of aromatic nitrogens is 1. The number of aryl methyl sites for hydroxylation is 1. The van der Waals surface area contributed by atoms with E-state index in [1.54, 1.807) is 38.1 Å². The number of carbonyl (C=O) groups is 1. The Labute approximate surface area is 198 Å². The summed E-state index contributed by atoms with van der Waals surface area (Å²) in [5.41, 5.74) is 1.63. The molecule has 2 aromatic carbocycles. The molecule has 0 atom stereocenters. The number of hydrogen-bond donors (Lipinski definition) is 2. The number of amides is 1. The van der Waals surface area contributed by atoms with Gasteiger partial charge in [0.25, 0.3) is 10.0 Å². The third kappa shape index (κ3) is 5.42. The average Bonchev–Trinajstić information content (AvgIpc) is 3.14.